The predicted molar refractivity (Wildman–Crippen MR) is 80.1 cm³/mol. The van der Waals surface area contributed by atoms with Crippen LogP contribution in [-0.4, -0.2) is 26.4 Å². The van der Waals surface area contributed by atoms with Gasteiger partial charge in [-0.2, -0.15) is 0 Å². The van der Waals surface area contributed by atoms with Crippen molar-refractivity contribution >= 4 is 23.4 Å². The minimum Gasteiger partial charge on any atom is -0.303 e. The molecule has 19 heavy (non-hydrogen) atoms. The molecule has 106 valence electrons. The van der Waals surface area contributed by atoms with Crippen molar-refractivity contribution < 1.29 is 0 Å². The van der Waals surface area contributed by atoms with Crippen LogP contribution < -0.4 is 0 Å². The minimum atomic E-state index is 0.702. The first-order valence-corrected chi connectivity index (χ1v) is 8.95. The molecule has 0 aliphatic heterocycles. The molecule has 1 atom stereocenters. The van der Waals surface area contributed by atoms with Gasteiger partial charge < -0.3 is 4.57 Å². The summed E-state index contributed by atoms with van der Waals surface area (Å²) in [4.78, 5) is 0. The van der Waals surface area contributed by atoms with Gasteiger partial charge >= 0.3 is 0 Å². The quantitative estimate of drug-likeness (QED) is 0.531. The Kier molecular flexibility index (Phi) is 4.37. The topological polar surface area (TPSA) is 30.7 Å². The number of aromatic nitrogens is 3. The molecule has 0 bridgehead atoms. The van der Waals surface area contributed by atoms with Gasteiger partial charge in [0, 0.05) is 23.6 Å². The van der Waals surface area contributed by atoms with E-state index in [1.807, 2.05) is 11.8 Å². The fraction of sp³-hybridized carbons (Fsp3) is 0.857. The highest BCUT2D eigenvalue weighted by Crippen LogP contribution is 2.46. The molecule has 1 aromatic heterocycles. The molecule has 0 N–H and O–H groups in total. The Hall–Kier alpha value is -0.220. The highest BCUT2D eigenvalue weighted by molar-refractivity contribution is 7.99. The molecule has 0 saturated heterocycles. The predicted octanol–water partition coefficient (Wildman–Crippen LogP) is 4.24. The summed E-state index contributed by atoms with van der Waals surface area (Å²) >= 11 is 7.66. The lowest BCUT2D eigenvalue weighted by atomic mass is 10.1. The standard InChI is InChI=1S/C14H22ClN3S/c1-10(6-8-15)7-9-19-14-17-16-13(11-2-3-11)18(14)12-4-5-12/h10-12H,2-9H2,1H3. The van der Waals surface area contributed by atoms with E-state index in [2.05, 4.69) is 21.7 Å². The van der Waals surface area contributed by atoms with Crippen LogP contribution in [0.5, 0.6) is 0 Å². The zero-order valence-corrected chi connectivity index (χ0v) is 13.1. The van der Waals surface area contributed by atoms with Crippen molar-refractivity contribution in [1.82, 2.24) is 14.8 Å². The number of alkyl halides is 1. The number of thioether (sulfide) groups is 1. The number of nitrogens with zero attached hydrogens (tertiary/aromatic N) is 3. The average Bonchev–Trinajstić information content (AvgIpc) is 3.29. The molecule has 2 aliphatic rings. The largest absolute Gasteiger partial charge is 0.303 e. The molecule has 0 spiro atoms. The van der Waals surface area contributed by atoms with Crippen LogP contribution in [0.3, 0.4) is 0 Å². The van der Waals surface area contributed by atoms with Gasteiger partial charge in [0.15, 0.2) is 5.16 Å². The molecule has 0 aromatic carbocycles. The van der Waals surface area contributed by atoms with Crippen molar-refractivity contribution in [2.75, 3.05) is 11.6 Å². The second-order valence-corrected chi connectivity index (χ2v) is 7.38. The fourth-order valence-electron chi connectivity index (χ4n) is 2.36. The molecular weight excluding hydrogens is 278 g/mol. The summed E-state index contributed by atoms with van der Waals surface area (Å²) in [6.45, 7) is 2.28. The van der Waals surface area contributed by atoms with E-state index < -0.39 is 0 Å². The molecule has 0 amide bonds. The first-order chi connectivity index (χ1) is 9.29. The number of halogens is 1. The van der Waals surface area contributed by atoms with E-state index in [0.717, 1.165) is 23.2 Å². The van der Waals surface area contributed by atoms with Crippen LogP contribution in [0.25, 0.3) is 0 Å². The summed E-state index contributed by atoms with van der Waals surface area (Å²) in [5.41, 5.74) is 0. The number of hydrogen-bond donors (Lipinski definition) is 0. The molecule has 1 aromatic rings. The van der Waals surface area contributed by atoms with E-state index >= 15 is 0 Å². The van der Waals surface area contributed by atoms with Gasteiger partial charge in [0.2, 0.25) is 0 Å². The summed E-state index contributed by atoms with van der Waals surface area (Å²) < 4.78 is 2.44. The number of rotatable bonds is 8. The van der Waals surface area contributed by atoms with Crippen LogP contribution in [0.1, 0.15) is 63.2 Å². The van der Waals surface area contributed by atoms with Crippen LogP contribution in [0, 0.1) is 5.92 Å². The van der Waals surface area contributed by atoms with Gasteiger partial charge in [-0.15, -0.1) is 21.8 Å². The smallest absolute Gasteiger partial charge is 0.191 e. The zero-order chi connectivity index (χ0) is 13.2. The third-order valence-corrected chi connectivity index (χ3v) is 5.18. The lowest BCUT2D eigenvalue weighted by molar-refractivity contribution is 0.550. The fourth-order valence-corrected chi connectivity index (χ4v) is 3.92. The second kappa shape index (κ2) is 6.04. The Morgan fingerprint density at radius 2 is 2.05 bits per heavy atom. The van der Waals surface area contributed by atoms with Crippen LogP contribution in [0.4, 0.5) is 0 Å². The molecule has 3 nitrogen and oxygen atoms in total. The SMILES string of the molecule is CC(CCCl)CCSc1nnc(C2CC2)n1C1CC1. The summed E-state index contributed by atoms with van der Waals surface area (Å²) in [5, 5.41) is 10.0. The van der Waals surface area contributed by atoms with Crippen molar-refractivity contribution in [3.63, 3.8) is 0 Å². The van der Waals surface area contributed by atoms with E-state index in [0.29, 0.717) is 17.9 Å². The van der Waals surface area contributed by atoms with Gasteiger partial charge in [-0.25, -0.2) is 0 Å². The van der Waals surface area contributed by atoms with Gasteiger partial charge in [-0.05, 0) is 44.4 Å². The Balaban J connectivity index is 1.58. The molecule has 0 radical (unpaired) electrons. The normalized spacial score (nSPS) is 20.7. The second-order valence-electron chi connectivity index (χ2n) is 5.94. The van der Waals surface area contributed by atoms with Gasteiger partial charge in [-0.1, -0.05) is 18.7 Å². The maximum Gasteiger partial charge on any atom is 0.191 e. The maximum atomic E-state index is 5.78. The number of hydrogen-bond acceptors (Lipinski definition) is 3. The summed E-state index contributed by atoms with van der Waals surface area (Å²) in [6.07, 6.45) is 7.57. The Morgan fingerprint density at radius 3 is 2.68 bits per heavy atom. The Labute approximate surface area is 124 Å². The maximum absolute atomic E-state index is 5.78. The van der Waals surface area contributed by atoms with Crippen molar-refractivity contribution in [1.29, 1.82) is 0 Å². The monoisotopic (exact) mass is 299 g/mol. The summed E-state index contributed by atoms with van der Waals surface area (Å²) in [5.74, 6) is 4.59. The highest BCUT2D eigenvalue weighted by atomic mass is 35.5. The first-order valence-electron chi connectivity index (χ1n) is 7.43. The summed E-state index contributed by atoms with van der Waals surface area (Å²) in [7, 11) is 0. The Bertz CT molecular complexity index is 426. The van der Waals surface area contributed by atoms with E-state index in [1.54, 1.807) is 0 Å². The molecule has 3 rings (SSSR count). The van der Waals surface area contributed by atoms with Crippen molar-refractivity contribution in [3.05, 3.63) is 5.82 Å². The molecule has 1 heterocycles. The molecule has 1 unspecified atom stereocenters. The van der Waals surface area contributed by atoms with Crippen LogP contribution in [-0.2, 0) is 0 Å². The summed E-state index contributed by atoms with van der Waals surface area (Å²) in [6, 6.07) is 0.702. The minimum absolute atomic E-state index is 0.702. The van der Waals surface area contributed by atoms with Gasteiger partial charge in [-0.3, -0.25) is 0 Å². The van der Waals surface area contributed by atoms with Crippen LogP contribution >= 0.6 is 23.4 Å². The van der Waals surface area contributed by atoms with E-state index in [-0.39, 0.29) is 0 Å². The lowest BCUT2D eigenvalue weighted by Gasteiger charge is -2.10. The molecule has 2 aliphatic carbocycles. The van der Waals surface area contributed by atoms with E-state index in [9.17, 15) is 0 Å². The lowest BCUT2D eigenvalue weighted by Crippen LogP contribution is -2.03. The molecule has 2 fully saturated rings. The Morgan fingerprint density at radius 1 is 1.26 bits per heavy atom. The molecule has 5 heteroatoms. The van der Waals surface area contributed by atoms with Crippen molar-refractivity contribution in [2.24, 2.45) is 5.92 Å². The van der Waals surface area contributed by atoms with E-state index in [1.165, 1.54) is 37.9 Å². The third kappa shape index (κ3) is 3.46. The van der Waals surface area contributed by atoms with Crippen molar-refractivity contribution in [2.45, 2.75) is 62.6 Å². The average molecular weight is 300 g/mol. The molecule has 2 saturated carbocycles. The third-order valence-electron chi connectivity index (χ3n) is 3.99. The van der Waals surface area contributed by atoms with Gasteiger partial charge in [0.05, 0.1) is 0 Å². The van der Waals surface area contributed by atoms with Crippen LogP contribution in [0.2, 0.25) is 0 Å². The van der Waals surface area contributed by atoms with Gasteiger partial charge in [0.25, 0.3) is 0 Å². The first kappa shape index (κ1) is 13.7. The zero-order valence-electron chi connectivity index (χ0n) is 11.5. The van der Waals surface area contributed by atoms with Gasteiger partial charge in [0.1, 0.15) is 5.82 Å². The van der Waals surface area contributed by atoms with Crippen LogP contribution in [0.15, 0.2) is 5.16 Å². The highest BCUT2D eigenvalue weighted by Gasteiger charge is 2.36. The van der Waals surface area contributed by atoms with E-state index in [4.69, 9.17) is 11.6 Å². The molecular formula is C14H22ClN3S. The van der Waals surface area contributed by atoms with Crippen molar-refractivity contribution in [3.8, 4) is 0 Å².